The third-order valence-corrected chi connectivity index (χ3v) is 10.5. The first-order chi connectivity index (χ1) is 26.8. The maximum absolute atomic E-state index is 8.38. The average molecular weight is 708 g/mol. The predicted molar refractivity (Wildman–Crippen MR) is 227 cm³/mol. The van der Waals surface area contributed by atoms with Crippen molar-refractivity contribution in [1.82, 2.24) is 19.5 Å². The molecule has 9 rings (SSSR count). The van der Waals surface area contributed by atoms with Gasteiger partial charge in [-0.2, -0.15) is 0 Å². The van der Waals surface area contributed by atoms with Gasteiger partial charge in [-0.15, -0.1) is 0 Å². The summed E-state index contributed by atoms with van der Waals surface area (Å²) in [6.45, 7) is 17.0. The van der Waals surface area contributed by atoms with Crippen molar-refractivity contribution in [3.8, 4) is 62.1 Å². The lowest BCUT2D eigenvalue weighted by Gasteiger charge is -2.13. The second-order valence-electron chi connectivity index (χ2n) is 14.3. The van der Waals surface area contributed by atoms with Crippen LogP contribution in [0.4, 0.5) is 5.69 Å². The third kappa shape index (κ3) is 6.14. The SMILES string of the molecule is [C-]#[N+]c1cc(-n2c3ccc(-c4ccc(C)cc4C)cc3c3cc(-c4ccc(C)cc4C)ccc32)ccc1-c1nc(-c2ccccc2)nc(-c2ccccc2)n1. The van der Waals surface area contributed by atoms with E-state index in [1.54, 1.807) is 0 Å². The van der Waals surface area contributed by atoms with Gasteiger partial charge in [-0.1, -0.05) is 126 Å². The Kier molecular flexibility index (Phi) is 8.37. The Morgan fingerprint density at radius 2 is 0.909 bits per heavy atom. The molecule has 0 aliphatic rings. The van der Waals surface area contributed by atoms with E-state index in [0.717, 1.165) is 38.6 Å². The van der Waals surface area contributed by atoms with Crippen LogP contribution in [0.1, 0.15) is 22.3 Å². The summed E-state index contributed by atoms with van der Waals surface area (Å²) in [5.74, 6) is 1.58. The summed E-state index contributed by atoms with van der Waals surface area (Å²) in [5, 5.41) is 2.31. The number of aromatic nitrogens is 4. The molecule has 0 unspecified atom stereocenters. The van der Waals surface area contributed by atoms with E-state index in [0.29, 0.717) is 28.7 Å². The Balaban J connectivity index is 1.24. The van der Waals surface area contributed by atoms with Gasteiger partial charge < -0.3 is 4.57 Å². The zero-order valence-electron chi connectivity index (χ0n) is 31.2. The van der Waals surface area contributed by atoms with E-state index in [-0.39, 0.29) is 0 Å². The van der Waals surface area contributed by atoms with Gasteiger partial charge in [0.1, 0.15) is 0 Å². The number of benzene rings is 7. The van der Waals surface area contributed by atoms with Gasteiger partial charge in [0.2, 0.25) is 0 Å². The maximum atomic E-state index is 8.38. The fraction of sp³-hybridized carbons (Fsp3) is 0.0800. The Morgan fingerprint density at radius 1 is 0.436 bits per heavy atom. The molecule has 2 aromatic heterocycles. The van der Waals surface area contributed by atoms with Crippen molar-refractivity contribution in [1.29, 1.82) is 0 Å². The molecule has 0 saturated heterocycles. The molecule has 7 aromatic carbocycles. The first-order valence-electron chi connectivity index (χ1n) is 18.5. The molecule has 0 atom stereocenters. The average Bonchev–Trinajstić information content (AvgIpc) is 3.54. The quantitative estimate of drug-likeness (QED) is 0.162. The second-order valence-corrected chi connectivity index (χ2v) is 14.3. The van der Waals surface area contributed by atoms with Crippen LogP contribution in [0.2, 0.25) is 0 Å². The van der Waals surface area contributed by atoms with Crippen molar-refractivity contribution in [3.63, 3.8) is 0 Å². The number of nitrogens with zero attached hydrogens (tertiary/aromatic N) is 5. The van der Waals surface area contributed by atoms with E-state index in [9.17, 15) is 0 Å². The van der Waals surface area contributed by atoms with Crippen molar-refractivity contribution in [2.24, 2.45) is 0 Å². The van der Waals surface area contributed by atoms with Crippen LogP contribution in [0.25, 0.3) is 88.8 Å². The molecule has 0 spiro atoms. The molecule has 0 saturated carbocycles. The van der Waals surface area contributed by atoms with Crippen LogP contribution in [0, 0.1) is 34.3 Å². The van der Waals surface area contributed by atoms with Gasteiger partial charge in [0.25, 0.3) is 0 Å². The van der Waals surface area contributed by atoms with Gasteiger partial charge in [-0.3, -0.25) is 0 Å². The van der Waals surface area contributed by atoms with E-state index in [1.165, 1.54) is 44.5 Å². The topological polar surface area (TPSA) is 48.0 Å². The lowest BCUT2D eigenvalue weighted by molar-refractivity contribution is 1.07. The molecule has 0 aliphatic carbocycles. The van der Waals surface area contributed by atoms with E-state index in [2.05, 4.69) is 116 Å². The fourth-order valence-corrected chi connectivity index (χ4v) is 7.78. The lowest BCUT2D eigenvalue weighted by atomic mass is 9.95. The van der Waals surface area contributed by atoms with E-state index in [4.69, 9.17) is 21.5 Å². The highest BCUT2D eigenvalue weighted by Gasteiger charge is 2.19. The Hall–Kier alpha value is -7.16. The number of aryl methyl sites for hydroxylation is 4. The van der Waals surface area contributed by atoms with Crippen LogP contribution in [-0.4, -0.2) is 19.5 Å². The molecule has 0 radical (unpaired) electrons. The normalized spacial score (nSPS) is 11.3. The van der Waals surface area contributed by atoms with E-state index in [1.807, 2.05) is 72.8 Å². The zero-order valence-corrected chi connectivity index (χ0v) is 31.2. The summed E-state index contributed by atoms with van der Waals surface area (Å²) in [7, 11) is 0. The minimum absolute atomic E-state index is 0.462. The van der Waals surface area contributed by atoms with Crippen molar-refractivity contribution < 1.29 is 0 Å². The standard InChI is InChI=1S/C50H37N5/c1-31-16-21-40(33(3)26-31)37-18-24-46-43(28-37)44-29-38(41-22-17-32(2)27-34(41)4)19-25-47(44)55(46)39-20-23-42(45(30-39)51-5)50-53-48(35-12-8-6-9-13-35)52-49(54-50)36-14-10-7-11-15-36/h6-30H,1-4H3. The van der Waals surface area contributed by atoms with Gasteiger partial charge in [-0.25, -0.2) is 19.8 Å². The second kappa shape index (κ2) is 13.7. The summed E-state index contributed by atoms with van der Waals surface area (Å²) in [6.07, 6.45) is 0. The molecule has 2 heterocycles. The van der Waals surface area contributed by atoms with Gasteiger partial charge >= 0.3 is 0 Å². The minimum atomic E-state index is 0.462. The van der Waals surface area contributed by atoms with Gasteiger partial charge in [0, 0.05) is 33.2 Å². The summed E-state index contributed by atoms with van der Waals surface area (Å²) >= 11 is 0. The number of rotatable bonds is 6. The molecule has 262 valence electrons. The Morgan fingerprint density at radius 3 is 1.38 bits per heavy atom. The summed E-state index contributed by atoms with van der Waals surface area (Å²) in [5.41, 5.74) is 15.7. The maximum Gasteiger partial charge on any atom is 0.200 e. The molecule has 0 N–H and O–H groups in total. The van der Waals surface area contributed by atoms with Crippen LogP contribution in [-0.2, 0) is 0 Å². The molecule has 0 aliphatic heterocycles. The molecule has 9 aromatic rings. The van der Waals surface area contributed by atoms with Gasteiger partial charge in [-0.05, 0) is 97.5 Å². The molecule has 55 heavy (non-hydrogen) atoms. The Labute approximate surface area is 321 Å². The smallest absolute Gasteiger partial charge is 0.200 e. The molecular formula is C50H37N5. The van der Waals surface area contributed by atoms with Crippen molar-refractivity contribution in [2.75, 3.05) is 0 Å². The first-order valence-corrected chi connectivity index (χ1v) is 18.5. The number of fused-ring (bicyclic) bond motifs is 3. The fourth-order valence-electron chi connectivity index (χ4n) is 7.78. The van der Waals surface area contributed by atoms with Gasteiger partial charge in [0.05, 0.1) is 17.6 Å². The molecular weight excluding hydrogens is 671 g/mol. The van der Waals surface area contributed by atoms with Crippen LogP contribution in [0.5, 0.6) is 0 Å². The van der Waals surface area contributed by atoms with Crippen LogP contribution >= 0.6 is 0 Å². The van der Waals surface area contributed by atoms with Crippen LogP contribution in [0.3, 0.4) is 0 Å². The summed E-state index contributed by atoms with van der Waals surface area (Å²) in [4.78, 5) is 18.8. The largest absolute Gasteiger partial charge is 0.311 e. The summed E-state index contributed by atoms with van der Waals surface area (Å²) < 4.78 is 2.28. The molecule has 0 fully saturated rings. The highest BCUT2D eigenvalue weighted by Crippen LogP contribution is 2.40. The zero-order chi connectivity index (χ0) is 37.6. The van der Waals surface area contributed by atoms with Crippen molar-refractivity contribution >= 4 is 27.5 Å². The molecule has 0 bridgehead atoms. The minimum Gasteiger partial charge on any atom is -0.311 e. The van der Waals surface area contributed by atoms with E-state index < -0.39 is 0 Å². The van der Waals surface area contributed by atoms with Crippen molar-refractivity contribution in [3.05, 3.63) is 185 Å². The van der Waals surface area contributed by atoms with E-state index >= 15 is 0 Å². The highest BCUT2D eigenvalue weighted by atomic mass is 15.0. The number of hydrogen-bond acceptors (Lipinski definition) is 3. The summed E-state index contributed by atoms with van der Waals surface area (Å²) in [6, 6.07) is 52.6. The van der Waals surface area contributed by atoms with Crippen LogP contribution < -0.4 is 0 Å². The Bertz CT molecular complexity index is 2800. The first kappa shape index (κ1) is 33.7. The number of hydrogen-bond donors (Lipinski definition) is 0. The molecule has 0 amide bonds. The predicted octanol–water partition coefficient (Wildman–Crippen LogP) is 13.1. The van der Waals surface area contributed by atoms with Crippen LogP contribution in [0.15, 0.2) is 152 Å². The van der Waals surface area contributed by atoms with Gasteiger partial charge in [0.15, 0.2) is 23.2 Å². The highest BCUT2D eigenvalue weighted by molar-refractivity contribution is 6.12. The lowest BCUT2D eigenvalue weighted by Crippen LogP contribution is -2.01. The third-order valence-electron chi connectivity index (χ3n) is 10.5. The molecule has 5 nitrogen and oxygen atoms in total. The monoisotopic (exact) mass is 707 g/mol. The van der Waals surface area contributed by atoms with Crippen molar-refractivity contribution in [2.45, 2.75) is 27.7 Å². The molecule has 5 heteroatoms.